The third-order valence-electron chi connectivity index (χ3n) is 4.75. The van der Waals surface area contributed by atoms with Gasteiger partial charge in [-0.25, -0.2) is 0 Å². The SMILES string of the molecule is C[Si](C)(C)C#C[C@H]1CN2CCC[C@@H]2[C@]12CCOC2=O. The number of ether oxygens (including phenoxy) is 1. The number of hydrogen-bond acceptors (Lipinski definition) is 3. The minimum absolute atomic E-state index is 0.0248. The fourth-order valence-corrected chi connectivity index (χ4v) is 4.51. The summed E-state index contributed by atoms with van der Waals surface area (Å²) >= 11 is 0. The van der Waals surface area contributed by atoms with E-state index in [9.17, 15) is 4.79 Å². The maximum atomic E-state index is 12.4. The van der Waals surface area contributed by atoms with E-state index in [2.05, 4.69) is 36.0 Å². The van der Waals surface area contributed by atoms with Gasteiger partial charge in [-0.2, -0.15) is 0 Å². The van der Waals surface area contributed by atoms with E-state index in [1.165, 1.54) is 6.42 Å². The lowest BCUT2D eigenvalue weighted by Crippen LogP contribution is -2.41. The Hall–Kier alpha value is -0.793. The van der Waals surface area contributed by atoms with Crippen LogP contribution in [-0.2, 0) is 9.53 Å². The van der Waals surface area contributed by atoms with Gasteiger partial charge in [-0.15, -0.1) is 11.5 Å². The number of cyclic esters (lactones) is 1. The molecule has 104 valence electrons. The van der Waals surface area contributed by atoms with Gasteiger partial charge in [0.25, 0.3) is 0 Å². The molecule has 3 rings (SSSR count). The molecule has 19 heavy (non-hydrogen) atoms. The summed E-state index contributed by atoms with van der Waals surface area (Å²) in [5.74, 6) is 3.70. The van der Waals surface area contributed by atoms with Crippen molar-refractivity contribution < 1.29 is 9.53 Å². The van der Waals surface area contributed by atoms with Gasteiger partial charge in [0.05, 0.1) is 12.5 Å². The molecule has 3 saturated heterocycles. The van der Waals surface area contributed by atoms with Crippen LogP contribution in [0, 0.1) is 22.8 Å². The summed E-state index contributed by atoms with van der Waals surface area (Å²) in [7, 11) is -1.38. The largest absolute Gasteiger partial charge is 0.465 e. The van der Waals surface area contributed by atoms with Crippen molar-refractivity contribution in [3.63, 3.8) is 0 Å². The Morgan fingerprint density at radius 1 is 1.42 bits per heavy atom. The lowest BCUT2D eigenvalue weighted by Gasteiger charge is -2.29. The summed E-state index contributed by atoms with van der Waals surface area (Å²) in [5, 5.41) is 0. The van der Waals surface area contributed by atoms with Crippen molar-refractivity contribution in [2.45, 2.75) is 44.9 Å². The molecule has 0 aromatic carbocycles. The van der Waals surface area contributed by atoms with Crippen LogP contribution in [0.1, 0.15) is 19.3 Å². The van der Waals surface area contributed by atoms with Crippen molar-refractivity contribution >= 4 is 14.0 Å². The fourth-order valence-electron chi connectivity index (χ4n) is 3.90. The van der Waals surface area contributed by atoms with Gasteiger partial charge in [0.15, 0.2) is 0 Å². The van der Waals surface area contributed by atoms with Crippen molar-refractivity contribution in [1.29, 1.82) is 0 Å². The average molecular weight is 277 g/mol. The number of carbonyl (C=O) groups is 1. The molecule has 0 aromatic heterocycles. The van der Waals surface area contributed by atoms with Gasteiger partial charge in [0.1, 0.15) is 13.5 Å². The normalized spacial score (nSPS) is 38.2. The minimum atomic E-state index is -1.38. The number of rotatable bonds is 0. The Kier molecular flexibility index (Phi) is 3.03. The molecular formula is C15H23NO2Si. The molecule has 0 radical (unpaired) electrons. The Labute approximate surface area is 116 Å². The molecule has 3 heterocycles. The highest BCUT2D eigenvalue weighted by Crippen LogP contribution is 2.51. The first kappa shape index (κ1) is 13.2. The second kappa shape index (κ2) is 4.36. The first-order valence-corrected chi connectivity index (χ1v) is 10.9. The summed E-state index contributed by atoms with van der Waals surface area (Å²) in [4.78, 5) is 14.9. The van der Waals surface area contributed by atoms with Gasteiger partial charge in [-0.3, -0.25) is 9.69 Å². The van der Waals surface area contributed by atoms with Crippen LogP contribution in [-0.4, -0.2) is 44.7 Å². The summed E-state index contributed by atoms with van der Waals surface area (Å²) < 4.78 is 5.34. The Morgan fingerprint density at radius 3 is 2.84 bits per heavy atom. The van der Waals surface area contributed by atoms with E-state index in [1.54, 1.807) is 0 Å². The van der Waals surface area contributed by atoms with Crippen LogP contribution in [0.5, 0.6) is 0 Å². The summed E-state index contributed by atoms with van der Waals surface area (Å²) in [5.41, 5.74) is 3.18. The van der Waals surface area contributed by atoms with Crippen molar-refractivity contribution in [2.75, 3.05) is 19.7 Å². The Morgan fingerprint density at radius 2 is 2.21 bits per heavy atom. The van der Waals surface area contributed by atoms with Gasteiger partial charge >= 0.3 is 5.97 Å². The maximum Gasteiger partial charge on any atom is 0.315 e. The Balaban J connectivity index is 1.95. The molecule has 3 aliphatic heterocycles. The summed E-state index contributed by atoms with van der Waals surface area (Å²) in [6, 6.07) is 0.392. The summed E-state index contributed by atoms with van der Waals surface area (Å²) in [6.45, 7) is 9.47. The molecule has 3 atom stereocenters. The second-order valence-electron chi connectivity index (χ2n) is 7.15. The highest BCUT2D eigenvalue weighted by Gasteiger charge is 2.62. The van der Waals surface area contributed by atoms with E-state index in [0.717, 1.165) is 25.9 Å². The molecule has 0 unspecified atom stereocenters. The molecule has 0 N–H and O–H groups in total. The van der Waals surface area contributed by atoms with Crippen LogP contribution in [0.2, 0.25) is 19.6 Å². The van der Waals surface area contributed by atoms with Crippen LogP contribution in [0.25, 0.3) is 0 Å². The standard InChI is InChI=1S/C15H23NO2Si/c1-19(2,3)10-6-12-11-16-8-4-5-13(16)15(12)7-9-18-14(15)17/h12-13H,4-5,7-9,11H2,1-3H3/t12-,13+,15-/m0/s1. The van der Waals surface area contributed by atoms with E-state index in [-0.39, 0.29) is 17.3 Å². The molecule has 0 aromatic rings. The van der Waals surface area contributed by atoms with E-state index < -0.39 is 8.07 Å². The average Bonchev–Trinajstić information content (AvgIpc) is 2.95. The highest BCUT2D eigenvalue weighted by atomic mass is 28.3. The van der Waals surface area contributed by atoms with Gasteiger partial charge in [0.2, 0.25) is 0 Å². The van der Waals surface area contributed by atoms with Crippen molar-refractivity contribution in [2.24, 2.45) is 11.3 Å². The predicted octanol–water partition coefficient (Wildman–Crippen LogP) is 1.89. The first-order valence-electron chi connectivity index (χ1n) is 7.37. The topological polar surface area (TPSA) is 29.5 Å². The first-order chi connectivity index (χ1) is 8.93. The van der Waals surface area contributed by atoms with Gasteiger partial charge < -0.3 is 4.74 Å². The molecule has 3 fully saturated rings. The zero-order valence-electron chi connectivity index (χ0n) is 12.2. The fraction of sp³-hybridized carbons (Fsp3) is 0.800. The highest BCUT2D eigenvalue weighted by molar-refractivity contribution is 6.83. The monoisotopic (exact) mass is 277 g/mol. The van der Waals surface area contributed by atoms with Crippen LogP contribution in [0.3, 0.4) is 0 Å². The summed E-state index contributed by atoms with van der Waals surface area (Å²) in [6.07, 6.45) is 3.23. The zero-order valence-corrected chi connectivity index (χ0v) is 13.2. The quantitative estimate of drug-likeness (QED) is 0.385. The molecule has 3 aliphatic rings. The number of esters is 1. The molecular weight excluding hydrogens is 254 g/mol. The minimum Gasteiger partial charge on any atom is -0.465 e. The third-order valence-corrected chi connectivity index (χ3v) is 5.64. The zero-order chi connectivity index (χ0) is 13.7. The number of fused-ring (bicyclic) bond motifs is 2. The molecule has 0 bridgehead atoms. The Bertz CT molecular complexity index is 459. The van der Waals surface area contributed by atoms with Crippen LogP contribution in [0.15, 0.2) is 0 Å². The van der Waals surface area contributed by atoms with Gasteiger partial charge in [-0.1, -0.05) is 19.6 Å². The molecule has 0 saturated carbocycles. The lowest BCUT2D eigenvalue weighted by molar-refractivity contribution is -0.148. The van der Waals surface area contributed by atoms with Crippen LogP contribution < -0.4 is 0 Å². The number of carbonyl (C=O) groups excluding carboxylic acids is 1. The van der Waals surface area contributed by atoms with E-state index in [0.29, 0.717) is 12.6 Å². The maximum absolute atomic E-state index is 12.4. The number of nitrogens with zero attached hydrogens (tertiary/aromatic N) is 1. The molecule has 4 heteroatoms. The molecule has 0 aliphatic carbocycles. The van der Waals surface area contributed by atoms with Gasteiger partial charge in [0, 0.05) is 19.0 Å². The third kappa shape index (κ3) is 2.04. The lowest BCUT2D eigenvalue weighted by atomic mass is 9.71. The molecule has 0 amide bonds. The van der Waals surface area contributed by atoms with Crippen molar-refractivity contribution in [3.8, 4) is 11.5 Å². The van der Waals surface area contributed by atoms with E-state index >= 15 is 0 Å². The molecule has 1 spiro atoms. The number of hydrogen-bond donors (Lipinski definition) is 0. The van der Waals surface area contributed by atoms with E-state index in [1.807, 2.05) is 0 Å². The predicted molar refractivity (Wildman–Crippen MR) is 77.2 cm³/mol. The second-order valence-corrected chi connectivity index (χ2v) is 11.9. The van der Waals surface area contributed by atoms with Crippen molar-refractivity contribution in [3.05, 3.63) is 0 Å². The van der Waals surface area contributed by atoms with Crippen molar-refractivity contribution in [1.82, 2.24) is 4.90 Å². The van der Waals surface area contributed by atoms with Gasteiger partial charge in [-0.05, 0) is 19.4 Å². The van der Waals surface area contributed by atoms with Crippen LogP contribution >= 0.6 is 0 Å². The smallest absolute Gasteiger partial charge is 0.315 e. The van der Waals surface area contributed by atoms with Crippen LogP contribution in [0.4, 0.5) is 0 Å². The van der Waals surface area contributed by atoms with E-state index in [4.69, 9.17) is 4.74 Å². The molecule has 3 nitrogen and oxygen atoms in total.